The van der Waals surface area contributed by atoms with Gasteiger partial charge in [0.1, 0.15) is 11.9 Å². The van der Waals surface area contributed by atoms with E-state index in [1.807, 2.05) is 38.1 Å². The Bertz CT molecular complexity index is 800. The molecule has 8 nitrogen and oxygen atoms in total. The molecule has 26 heavy (non-hydrogen) atoms. The van der Waals surface area contributed by atoms with Gasteiger partial charge in [0.2, 0.25) is 11.9 Å². The van der Waals surface area contributed by atoms with E-state index in [4.69, 9.17) is 5.73 Å². The molecule has 1 aliphatic rings. The number of nitrogens with one attached hydrogen (secondary N) is 2. The summed E-state index contributed by atoms with van der Waals surface area (Å²) in [6.07, 6.45) is 1.11. The van der Waals surface area contributed by atoms with E-state index < -0.39 is 6.04 Å². The molecule has 0 saturated heterocycles. The Balaban J connectivity index is 1.66. The van der Waals surface area contributed by atoms with Gasteiger partial charge in [0.25, 0.3) is 5.91 Å². The second-order valence-corrected chi connectivity index (χ2v) is 6.92. The van der Waals surface area contributed by atoms with Crippen LogP contribution in [0.2, 0.25) is 0 Å². The Kier molecular flexibility index (Phi) is 5.20. The highest BCUT2D eigenvalue weighted by atomic mass is 16.2. The first-order valence-electron chi connectivity index (χ1n) is 8.79. The van der Waals surface area contributed by atoms with E-state index in [-0.39, 0.29) is 23.7 Å². The van der Waals surface area contributed by atoms with Crippen molar-refractivity contribution in [2.75, 3.05) is 12.3 Å². The van der Waals surface area contributed by atoms with Crippen molar-refractivity contribution in [1.82, 2.24) is 25.4 Å². The number of carbonyl (C=O) groups excluding carboxylic acids is 2. The zero-order valence-corrected chi connectivity index (χ0v) is 15.0. The van der Waals surface area contributed by atoms with Crippen molar-refractivity contribution in [2.45, 2.75) is 39.3 Å². The lowest BCUT2D eigenvalue weighted by atomic mass is 10.0. The molecule has 0 aliphatic carbocycles. The third kappa shape index (κ3) is 3.84. The number of benzene rings is 1. The summed E-state index contributed by atoms with van der Waals surface area (Å²) in [7, 11) is 0. The summed E-state index contributed by atoms with van der Waals surface area (Å²) in [6, 6.07) is 7.02. The van der Waals surface area contributed by atoms with Crippen molar-refractivity contribution in [3.63, 3.8) is 0 Å². The summed E-state index contributed by atoms with van der Waals surface area (Å²) >= 11 is 0. The molecule has 0 spiro atoms. The van der Waals surface area contributed by atoms with Gasteiger partial charge in [-0.1, -0.05) is 32.0 Å². The van der Waals surface area contributed by atoms with Crippen molar-refractivity contribution in [3.05, 3.63) is 41.2 Å². The minimum atomic E-state index is -0.491. The lowest BCUT2D eigenvalue weighted by Crippen LogP contribution is -2.48. The molecule has 1 aromatic heterocycles. The van der Waals surface area contributed by atoms with Crippen molar-refractivity contribution in [2.24, 2.45) is 5.92 Å². The maximum absolute atomic E-state index is 12.8. The van der Waals surface area contributed by atoms with Crippen LogP contribution in [0.5, 0.6) is 0 Å². The molecule has 1 aliphatic heterocycles. The topological polar surface area (TPSA) is 117 Å². The van der Waals surface area contributed by atoms with Gasteiger partial charge in [-0.3, -0.25) is 14.7 Å². The molecule has 0 radical (unpaired) electrons. The fourth-order valence-electron chi connectivity index (χ4n) is 3.19. The van der Waals surface area contributed by atoms with E-state index in [9.17, 15) is 9.59 Å². The second kappa shape index (κ2) is 7.55. The monoisotopic (exact) mass is 356 g/mol. The predicted octanol–water partition coefficient (Wildman–Crippen LogP) is 1.12. The number of rotatable bonds is 7. The number of nitrogen functional groups attached to an aromatic ring is 1. The maximum Gasteiger partial charge on any atom is 0.255 e. The first-order chi connectivity index (χ1) is 12.5. The van der Waals surface area contributed by atoms with Gasteiger partial charge in [0.15, 0.2) is 0 Å². The maximum atomic E-state index is 12.8. The highest BCUT2D eigenvalue weighted by molar-refractivity contribution is 6.01. The van der Waals surface area contributed by atoms with Crippen molar-refractivity contribution < 1.29 is 9.59 Å². The van der Waals surface area contributed by atoms with E-state index in [1.54, 1.807) is 4.90 Å². The first-order valence-corrected chi connectivity index (χ1v) is 8.79. The van der Waals surface area contributed by atoms with Gasteiger partial charge in [-0.25, -0.2) is 0 Å². The number of aromatic nitrogens is 3. The fourth-order valence-corrected chi connectivity index (χ4v) is 3.19. The van der Waals surface area contributed by atoms with Crippen LogP contribution < -0.4 is 11.1 Å². The van der Waals surface area contributed by atoms with Gasteiger partial charge in [-0.05, 0) is 24.0 Å². The van der Waals surface area contributed by atoms with Crippen LogP contribution in [0.4, 0.5) is 5.95 Å². The van der Waals surface area contributed by atoms with Crippen LogP contribution in [0.25, 0.3) is 0 Å². The third-order valence-corrected chi connectivity index (χ3v) is 4.43. The first kappa shape index (κ1) is 17.9. The Morgan fingerprint density at radius 2 is 2.15 bits per heavy atom. The van der Waals surface area contributed by atoms with Crippen LogP contribution in [0.15, 0.2) is 24.3 Å². The molecule has 2 aromatic rings. The minimum Gasteiger partial charge on any atom is -0.367 e. The smallest absolute Gasteiger partial charge is 0.255 e. The Morgan fingerprint density at radius 3 is 2.81 bits per heavy atom. The lowest BCUT2D eigenvalue weighted by Gasteiger charge is -2.28. The molecular formula is C18H24N6O2. The number of aromatic amines is 1. The summed E-state index contributed by atoms with van der Waals surface area (Å²) in [4.78, 5) is 31.2. The molecule has 1 atom stereocenters. The zero-order chi connectivity index (χ0) is 18.7. The number of amides is 2. The van der Waals surface area contributed by atoms with Gasteiger partial charge < -0.3 is 16.0 Å². The van der Waals surface area contributed by atoms with E-state index >= 15 is 0 Å². The molecule has 0 fully saturated rings. The van der Waals surface area contributed by atoms with Crippen LogP contribution in [-0.2, 0) is 17.8 Å². The van der Waals surface area contributed by atoms with Gasteiger partial charge in [0.05, 0.1) is 0 Å². The largest absolute Gasteiger partial charge is 0.367 e. The van der Waals surface area contributed by atoms with E-state index in [0.29, 0.717) is 37.3 Å². The van der Waals surface area contributed by atoms with Crippen LogP contribution in [0, 0.1) is 5.92 Å². The standard InChI is InChI=1S/C18H24N6O2/c1-11(2)9-14(16(25)20-8-7-15-21-18(19)23-22-15)24-10-12-5-3-4-6-13(12)17(24)26/h3-6,11,14H,7-10H2,1-2H3,(H,20,25)(H3,19,21,22,23)/t14-/m1/s1. The number of hydrogen-bond acceptors (Lipinski definition) is 5. The fraction of sp³-hybridized carbons (Fsp3) is 0.444. The normalized spacial score (nSPS) is 14.6. The number of carbonyl (C=O) groups is 2. The number of H-pyrrole nitrogens is 1. The molecule has 2 heterocycles. The van der Waals surface area contributed by atoms with Gasteiger partial charge in [-0.2, -0.15) is 4.98 Å². The number of fused-ring (bicyclic) bond motifs is 1. The number of nitrogens with zero attached hydrogens (tertiary/aromatic N) is 3. The Labute approximate surface area is 152 Å². The molecule has 0 bridgehead atoms. The molecule has 0 unspecified atom stereocenters. The summed E-state index contributed by atoms with van der Waals surface area (Å²) in [5, 5.41) is 9.38. The molecule has 4 N–H and O–H groups in total. The van der Waals surface area contributed by atoms with Crippen molar-refractivity contribution in [3.8, 4) is 0 Å². The van der Waals surface area contributed by atoms with Gasteiger partial charge in [0, 0.05) is 25.1 Å². The van der Waals surface area contributed by atoms with E-state index in [0.717, 1.165) is 5.56 Å². The quantitative estimate of drug-likeness (QED) is 0.687. The molecule has 138 valence electrons. The van der Waals surface area contributed by atoms with E-state index in [1.165, 1.54) is 0 Å². The van der Waals surface area contributed by atoms with E-state index in [2.05, 4.69) is 20.5 Å². The summed E-state index contributed by atoms with van der Waals surface area (Å²) in [5.74, 6) is 0.866. The Hall–Kier alpha value is -2.90. The molecule has 1 aromatic carbocycles. The van der Waals surface area contributed by atoms with Crippen LogP contribution in [-0.4, -0.2) is 44.5 Å². The van der Waals surface area contributed by atoms with Gasteiger partial charge in [-0.15, -0.1) is 5.10 Å². The summed E-state index contributed by atoms with van der Waals surface area (Å²) in [6.45, 7) is 4.96. The van der Waals surface area contributed by atoms with Crippen molar-refractivity contribution in [1.29, 1.82) is 0 Å². The highest BCUT2D eigenvalue weighted by Crippen LogP contribution is 2.26. The lowest BCUT2D eigenvalue weighted by molar-refractivity contribution is -0.126. The van der Waals surface area contributed by atoms with Gasteiger partial charge >= 0.3 is 0 Å². The highest BCUT2D eigenvalue weighted by Gasteiger charge is 2.36. The number of anilines is 1. The SMILES string of the molecule is CC(C)C[C@H](C(=O)NCCc1nc(N)n[nH]1)N1Cc2ccccc2C1=O. The molecule has 3 rings (SSSR count). The number of nitrogens with two attached hydrogens (primary N) is 1. The molecule has 2 amide bonds. The molecular weight excluding hydrogens is 332 g/mol. The summed E-state index contributed by atoms with van der Waals surface area (Å²) in [5.41, 5.74) is 7.12. The summed E-state index contributed by atoms with van der Waals surface area (Å²) < 4.78 is 0. The number of hydrogen-bond donors (Lipinski definition) is 3. The van der Waals surface area contributed by atoms with Crippen LogP contribution in [0.1, 0.15) is 42.0 Å². The predicted molar refractivity (Wildman–Crippen MR) is 97.1 cm³/mol. The molecule has 8 heteroatoms. The minimum absolute atomic E-state index is 0.0793. The average molecular weight is 356 g/mol. The third-order valence-electron chi connectivity index (χ3n) is 4.43. The average Bonchev–Trinajstić information content (AvgIpc) is 3.16. The second-order valence-electron chi connectivity index (χ2n) is 6.92. The Morgan fingerprint density at radius 1 is 1.38 bits per heavy atom. The zero-order valence-electron chi connectivity index (χ0n) is 15.0. The van der Waals surface area contributed by atoms with Crippen LogP contribution in [0.3, 0.4) is 0 Å². The van der Waals surface area contributed by atoms with Crippen molar-refractivity contribution >= 4 is 17.8 Å². The molecule has 0 saturated carbocycles. The van der Waals surface area contributed by atoms with Crippen LogP contribution >= 0.6 is 0 Å².